The van der Waals surface area contributed by atoms with Crippen LogP contribution in [-0.4, -0.2) is 81.3 Å². The fourth-order valence-corrected chi connectivity index (χ4v) is 3.65. The minimum absolute atomic E-state index is 0. The average Bonchev–Trinajstić information content (AvgIpc) is 2.80. The van der Waals surface area contributed by atoms with Gasteiger partial charge in [-0.15, -0.1) is 24.0 Å². The van der Waals surface area contributed by atoms with Gasteiger partial charge < -0.3 is 20.1 Å². The Bertz CT molecular complexity index is 694. The molecule has 2 unspecified atom stereocenters. The van der Waals surface area contributed by atoms with Gasteiger partial charge in [-0.1, -0.05) is 0 Å². The van der Waals surface area contributed by atoms with Gasteiger partial charge in [-0.25, -0.2) is 17.9 Å². The number of nitrogens with one attached hydrogen (secondary N) is 3. The number of sulfonamides is 1. The minimum Gasteiger partial charge on any atom is -0.444 e. The van der Waals surface area contributed by atoms with E-state index < -0.39 is 27.4 Å². The van der Waals surface area contributed by atoms with Crippen LogP contribution in [0.25, 0.3) is 0 Å². The van der Waals surface area contributed by atoms with E-state index in [0.717, 1.165) is 0 Å². The van der Waals surface area contributed by atoms with Crippen molar-refractivity contribution in [1.82, 2.24) is 20.3 Å². The molecular weight excluding hydrogens is 525 g/mol. The molecule has 0 bridgehead atoms. The second-order valence-corrected chi connectivity index (χ2v) is 10.5. The number of ether oxygens (including phenoxy) is 2. The van der Waals surface area contributed by atoms with Gasteiger partial charge >= 0.3 is 6.09 Å². The van der Waals surface area contributed by atoms with Crippen LogP contribution in [0, 0.1) is 0 Å². The van der Waals surface area contributed by atoms with Gasteiger partial charge in [0.2, 0.25) is 10.0 Å². The number of rotatable bonds is 7. The first-order valence-electron chi connectivity index (χ1n) is 9.84. The van der Waals surface area contributed by atoms with E-state index >= 15 is 0 Å². The Morgan fingerprint density at radius 1 is 1.23 bits per heavy atom. The molecule has 1 saturated heterocycles. The molecule has 1 rings (SSSR count). The molecule has 178 valence electrons. The van der Waals surface area contributed by atoms with Crippen LogP contribution in [-0.2, 0) is 19.5 Å². The van der Waals surface area contributed by atoms with Crippen LogP contribution in [0.5, 0.6) is 0 Å². The minimum atomic E-state index is -3.23. The van der Waals surface area contributed by atoms with Gasteiger partial charge in [-0.3, -0.25) is 9.89 Å². The quantitative estimate of drug-likeness (QED) is 0.186. The zero-order valence-corrected chi connectivity index (χ0v) is 22.4. The van der Waals surface area contributed by atoms with E-state index in [1.54, 1.807) is 18.9 Å². The summed E-state index contributed by atoms with van der Waals surface area (Å²) in [5.74, 6) is 0.539. The number of carbonyl (C=O) groups excluding carboxylic acids is 1. The van der Waals surface area contributed by atoms with Crippen molar-refractivity contribution < 1.29 is 22.7 Å². The van der Waals surface area contributed by atoms with E-state index in [2.05, 4.69) is 20.3 Å². The van der Waals surface area contributed by atoms with Gasteiger partial charge in [0.25, 0.3) is 0 Å². The highest BCUT2D eigenvalue weighted by Gasteiger charge is 2.49. The Morgan fingerprint density at radius 2 is 1.83 bits per heavy atom. The molecule has 10 nitrogen and oxygen atoms in total. The number of carbonyl (C=O) groups is 1. The number of nitrogens with zero attached hydrogens (tertiary/aromatic N) is 2. The number of halogens is 1. The summed E-state index contributed by atoms with van der Waals surface area (Å²) in [6, 6.07) is -0.267. The van der Waals surface area contributed by atoms with Crippen molar-refractivity contribution in [2.45, 2.75) is 71.9 Å². The lowest BCUT2D eigenvalue weighted by molar-refractivity contribution is -0.0755. The lowest BCUT2D eigenvalue weighted by atomic mass is 10.1. The van der Waals surface area contributed by atoms with E-state index in [0.29, 0.717) is 19.0 Å². The molecule has 1 aliphatic heterocycles. The highest BCUT2D eigenvalue weighted by atomic mass is 127. The van der Waals surface area contributed by atoms with Crippen LogP contribution in [0.2, 0.25) is 0 Å². The zero-order valence-electron chi connectivity index (χ0n) is 19.2. The molecule has 0 spiro atoms. The summed E-state index contributed by atoms with van der Waals surface area (Å²) in [7, 11) is -1.61. The number of aliphatic imine (C=N–C) groups is 1. The Morgan fingerprint density at radius 3 is 2.33 bits per heavy atom. The van der Waals surface area contributed by atoms with Crippen molar-refractivity contribution in [1.29, 1.82) is 0 Å². The third-order valence-electron chi connectivity index (χ3n) is 4.34. The first-order chi connectivity index (χ1) is 13.2. The Hall–Kier alpha value is -0.860. The Balaban J connectivity index is 0.00000841. The second kappa shape index (κ2) is 11.7. The highest BCUT2D eigenvalue weighted by molar-refractivity contribution is 14.0. The molecule has 12 heteroatoms. The normalized spacial score (nSPS) is 21.7. The predicted octanol–water partition coefficient (Wildman–Crippen LogP) is 1.47. The van der Waals surface area contributed by atoms with E-state index in [-0.39, 0.29) is 48.4 Å². The molecule has 3 N–H and O–H groups in total. The molecule has 0 saturated carbocycles. The number of guanidine groups is 1. The molecule has 2 atom stereocenters. The largest absolute Gasteiger partial charge is 0.444 e. The molecule has 0 radical (unpaired) electrons. The van der Waals surface area contributed by atoms with Crippen LogP contribution in [0.3, 0.4) is 0 Å². The van der Waals surface area contributed by atoms with Crippen LogP contribution in [0.1, 0.15) is 48.5 Å². The maximum Gasteiger partial charge on any atom is 0.412 e. The van der Waals surface area contributed by atoms with Crippen molar-refractivity contribution in [3.63, 3.8) is 0 Å². The van der Waals surface area contributed by atoms with E-state index in [4.69, 9.17) is 9.47 Å². The fraction of sp³-hybridized carbons (Fsp3) is 0.889. The highest BCUT2D eigenvalue weighted by Crippen LogP contribution is 2.33. The number of hydrogen-bond donors (Lipinski definition) is 3. The molecule has 0 aromatic carbocycles. The molecule has 0 aromatic heterocycles. The van der Waals surface area contributed by atoms with Crippen LogP contribution >= 0.6 is 24.0 Å². The predicted molar refractivity (Wildman–Crippen MR) is 129 cm³/mol. The number of amides is 1. The third kappa shape index (κ3) is 9.10. The van der Waals surface area contributed by atoms with Gasteiger partial charge in [0.1, 0.15) is 11.3 Å². The van der Waals surface area contributed by atoms with Crippen LogP contribution in [0.4, 0.5) is 4.79 Å². The average molecular weight is 564 g/mol. The second-order valence-electron chi connectivity index (χ2n) is 8.37. The molecular formula is C18H38IN5O5S. The SMILES string of the molecule is CCS(=O)(=O)NCCNC(=NC)NCC1C(C)OC(C)(C)N1C(=O)OC(C)(C)C.I. The summed E-state index contributed by atoms with van der Waals surface area (Å²) in [4.78, 5) is 18.5. The maximum atomic E-state index is 12.8. The summed E-state index contributed by atoms with van der Waals surface area (Å²) >= 11 is 0. The Kier molecular flexibility index (Phi) is 11.3. The smallest absolute Gasteiger partial charge is 0.412 e. The monoisotopic (exact) mass is 563 g/mol. The van der Waals surface area contributed by atoms with Crippen molar-refractivity contribution in [3.8, 4) is 0 Å². The molecule has 1 amide bonds. The van der Waals surface area contributed by atoms with Crippen molar-refractivity contribution >= 4 is 46.1 Å². The van der Waals surface area contributed by atoms with E-state index in [9.17, 15) is 13.2 Å². The molecule has 0 aromatic rings. The summed E-state index contributed by atoms with van der Waals surface area (Å²) < 4.78 is 36.9. The lowest BCUT2D eigenvalue weighted by Crippen LogP contribution is -2.54. The van der Waals surface area contributed by atoms with Gasteiger partial charge in [0.15, 0.2) is 5.96 Å². The van der Waals surface area contributed by atoms with Crippen LogP contribution < -0.4 is 15.4 Å². The first kappa shape index (κ1) is 29.1. The van der Waals surface area contributed by atoms with Gasteiger partial charge in [-0.05, 0) is 48.5 Å². The van der Waals surface area contributed by atoms with E-state index in [1.165, 1.54) is 0 Å². The number of hydrogen-bond acceptors (Lipinski definition) is 6. The van der Waals surface area contributed by atoms with Crippen LogP contribution in [0.15, 0.2) is 4.99 Å². The summed E-state index contributed by atoms with van der Waals surface area (Å²) in [5, 5.41) is 6.22. The summed E-state index contributed by atoms with van der Waals surface area (Å²) in [6.45, 7) is 13.6. The summed E-state index contributed by atoms with van der Waals surface area (Å²) in [5.41, 5.74) is -1.41. The van der Waals surface area contributed by atoms with Crippen molar-refractivity contribution in [2.75, 3.05) is 32.4 Å². The van der Waals surface area contributed by atoms with Gasteiger partial charge in [-0.2, -0.15) is 0 Å². The zero-order chi connectivity index (χ0) is 22.5. The molecule has 1 fully saturated rings. The Labute approximate surface area is 198 Å². The molecule has 1 heterocycles. The van der Waals surface area contributed by atoms with Gasteiger partial charge in [0.05, 0.1) is 17.9 Å². The van der Waals surface area contributed by atoms with Gasteiger partial charge in [0, 0.05) is 26.7 Å². The lowest BCUT2D eigenvalue weighted by Gasteiger charge is -2.35. The van der Waals surface area contributed by atoms with Crippen molar-refractivity contribution in [2.24, 2.45) is 4.99 Å². The molecule has 0 aliphatic carbocycles. The van der Waals surface area contributed by atoms with Crippen molar-refractivity contribution in [3.05, 3.63) is 0 Å². The first-order valence-corrected chi connectivity index (χ1v) is 11.5. The molecule has 1 aliphatic rings. The topological polar surface area (TPSA) is 121 Å². The standard InChI is InChI=1S/C18H37N5O5S.HI/c1-9-29(25,26)22-11-10-20-15(19-8)21-12-14-13(2)27-18(6,7)23(14)16(24)28-17(3,4)5;/h13-14,22H,9-12H2,1-8H3,(H2,19,20,21);1H. The third-order valence-corrected chi connectivity index (χ3v) is 5.74. The maximum absolute atomic E-state index is 12.8. The molecule has 30 heavy (non-hydrogen) atoms. The van der Waals surface area contributed by atoms with E-state index in [1.807, 2.05) is 41.5 Å². The summed E-state index contributed by atoms with van der Waals surface area (Å²) in [6.07, 6.45) is -0.643. The fourth-order valence-electron chi connectivity index (χ4n) is 3.03.